The van der Waals surface area contributed by atoms with Crippen molar-refractivity contribution in [2.24, 2.45) is 0 Å². The zero-order valence-electron chi connectivity index (χ0n) is 8.41. The Morgan fingerprint density at radius 2 is 1.80 bits per heavy atom. The van der Waals surface area contributed by atoms with Crippen LogP contribution in [0.25, 0.3) is 0 Å². The molecule has 0 bridgehead atoms. The van der Waals surface area contributed by atoms with Gasteiger partial charge in [0.15, 0.2) is 0 Å². The summed E-state index contributed by atoms with van der Waals surface area (Å²) in [6.07, 6.45) is 0. The first-order chi connectivity index (χ1) is 7.25. The van der Waals surface area contributed by atoms with Gasteiger partial charge in [0.05, 0.1) is 0 Å². The molecule has 0 amide bonds. The third-order valence-corrected chi connectivity index (χ3v) is 2.35. The predicted molar refractivity (Wildman–Crippen MR) is 62.7 cm³/mol. The molecular weight excluding hydrogens is 208 g/mol. The molecule has 0 N–H and O–H groups in total. The Kier molecular flexibility index (Phi) is 2.93. The van der Waals surface area contributed by atoms with Crippen molar-refractivity contribution in [1.82, 2.24) is 0 Å². The molecule has 2 aromatic rings. The molecule has 0 aliphatic carbocycles. The molecule has 2 heteroatoms. The number of halogens is 1. The molecule has 0 aromatic heterocycles. The summed E-state index contributed by atoms with van der Waals surface area (Å²) in [6.45, 7) is 2.01. The van der Waals surface area contributed by atoms with Crippen LogP contribution in [0.1, 0.15) is 5.56 Å². The van der Waals surface area contributed by atoms with Crippen LogP contribution >= 0.6 is 11.6 Å². The lowest BCUT2D eigenvalue weighted by Crippen LogP contribution is -1.86. The van der Waals surface area contributed by atoms with Crippen molar-refractivity contribution in [3.05, 3.63) is 59.1 Å². The molecule has 0 fully saturated rings. The second-order valence-corrected chi connectivity index (χ2v) is 3.76. The molecule has 0 spiro atoms. The van der Waals surface area contributed by atoms with E-state index in [1.54, 1.807) is 6.07 Å². The van der Waals surface area contributed by atoms with Crippen LogP contribution in [0.3, 0.4) is 0 Å². The third-order valence-electron chi connectivity index (χ3n) is 2.12. The summed E-state index contributed by atoms with van der Waals surface area (Å²) in [6, 6.07) is 15.3. The molecule has 2 rings (SSSR count). The standard InChI is InChI=1S/C13H11ClO/c1-10-5-2-3-8-13(10)15-12-7-4-6-11(14)9-12/h2-9H,1H3. The number of para-hydroxylation sites is 1. The molecule has 15 heavy (non-hydrogen) atoms. The van der Waals surface area contributed by atoms with Gasteiger partial charge in [0, 0.05) is 5.02 Å². The Morgan fingerprint density at radius 3 is 2.53 bits per heavy atom. The van der Waals surface area contributed by atoms with Gasteiger partial charge < -0.3 is 4.74 Å². The van der Waals surface area contributed by atoms with E-state index in [1.165, 1.54) is 0 Å². The first kappa shape index (κ1) is 10.1. The van der Waals surface area contributed by atoms with E-state index in [0.29, 0.717) is 5.02 Å². The van der Waals surface area contributed by atoms with E-state index in [0.717, 1.165) is 17.1 Å². The maximum absolute atomic E-state index is 5.87. The smallest absolute Gasteiger partial charge is 0.130 e. The molecule has 0 unspecified atom stereocenters. The summed E-state index contributed by atoms with van der Waals surface area (Å²) in [7, 11) is 0. The van der Waals surface area contributed by atoms with Crippen LogP contribution in [-0.2, 0) is 0 Å². The molecule has 0 saturated heterocycles. The molecule has 0 heterocycles. The summed E-state index contributed by atoms with van der Waals surface area (Å²) < 4.78 is 5.71. The number of hydrogen-bond donors (Lipinski definition) is 0. The van der Waals surface area contributed by atoms with Crippen LogP contribution in [0.2, 0.25) is 5.02 Å². The van der Waals surface area contributed by atoms with Gasteiger partial charge in [-0.3, -0.25) is 0 Å². The highest BCUT2D eigenvalue weighted by molar-refractivity contribution is 6.30. The SMILES string of the molecule is Cc1ccccc1Oc1cccc(Cl)c1. The Labute approximate surface area is 94.3 Å². The van der Waals surface area contributed by atoms with E-state index in [4.69, 9.17) is 16.3 Å². The molecule has 0 aliphatic heterocycles. The van der Waals surface area contributed by atoms with E-state index >= 15 is 0 Å². The van der Waals surface area contributed by atoms with Crippen molar-refractivity contribution < 1.29 is 4.74 Å². The van der Waals surface area contributed by atoms with Crippen LogP contribution in [0.15, 0.2) is 48.5 Å². The van der Waals surface area contributed by atoms with Gasteiger partial charge in [-0.25, -0.2) is 0 Å². The van der Waals surface area contributed by atoms with Crippen LogP contribution in [0, 0.1) is 6.92 Å². The number of hydrogen-bond acceptors (Lipinski definition) is 1. The largest absolute Gasteiger partial charge is 0.457 e. The van der Waals surface area contributed by atoms with Gasteiger partial charge >= 0.3 is 0 Å². The van der Waals surface area contributed by atoms with Crippen molar-refractivity contribution >= 4 is 11.6 Å². The Bertz CT molecular complexity index is 466. The Balaban J connectivity index is 2.26. The summed E-state index contributed by atoms with van der Waals surface area (Å²) >= 11 is 5.87. The molecule has 0 atom stereocenters. The van der Waals surface area contributed by atoms with E-state index in [1.807, 2.05) is 49.4 Å². The molecule has 76 valence electrons. The summed E-state index contributed by atoms with van der Waals surface area (Å²) in [5.41, 5.74) is 1.11. The van der Waals surface area contributed by atoms with Crippen molar-refractivity contribution in [2.45, 2.75) is 6.92 Å². The number of benzene rings is 2. The molecule has 0 aliphatic rings. The molecule has 1 nitrogen and oxygen atoms in total. The lowest BCUT2D eigenvalue weighted by molar-refractivity contribution is 0.479. The van der Waals surface area contributed by atoms with Gasteiger partial charge in [0.1, 0.15) is 11.5 Å². The lowest BCUT2D eigenvalue weighted by atomic mass is 10.2. The zero-order chi connectivity index (χ0) is 10.7. The quantitative estimate of drug-likeness (QED) is 0.724. The molecule has 2 aromatic carbocycles. The Hall–Kier alpha value is -1.47. The minimum absolute atomic E-state index is 0.682. The van der Waals surface area contributed by atoms with Crippen molar-refractivity contribution in [1.29, 1.82) is 0 Å². The maximum atomic E-state index is 5.87. The predicted octanol–water partition coefficient (Wildman–Crippen LogP) is 4.44. The normalized spacial score (nSPS) is 10.0. The van der Waals surface area contributed by atoms with Gasteiger partial charge in [0.25, 0.3) is 0 Å². The number of aryl methyl sites for hydroxylation is 1. The van der Waals surface area contributed by atoms with Crippen LogP contribution in [0.5, 0.6) is 11.5 Å². The van der Waals surface area contributed by atoms with Gasteiger partial charge in [-0.1, -0.05) is 35.9 Å². The fraction of sp³-hybridized carbons (Fsp3) is 0.0769. The topological polar surface area (TPSA) is 9.23 Å². The van der Waals surface area contributed by atoms with Crippen molar-refractivity contribution in [2.75, 3.05) is 0 Å². The highest BCUT2D eigenvalue weighted by Gasteiger charge is 2.00. The number of rotatable bonds is 2. The highest BCUT2D eigenvalue weighted by Crippen LogP contribution is 2.26. The second-order valence-electron chi connectivity index (χ2n) is 3.32. The van der Waals surface area contributed by atoms with Gasteiger partial charge in [-0.2, -0.15) is 0 Å². The average molecular weight is 219 g/mol. The highest BCUT2D eigenvalue weighted by atomic mass is 35.5. The third kappa shape index (κ3) is 2.51. The van der Waals surface area contributed by atoms with Gasteiger partial charge in [0.2, 0.25) is 0 Å². The van der Waals surface area contributed by atoms with E-state index in [9.17, 15) is 0 Å². The summed E-state index contributed by atoms with van der Waals surface area (Å²) in [4.78, 5) is 0. The van der Waals surface area contributed by atoms with E-state index < -0.39 is 0 Å². The fourth-order valence-corrected chi connectivity index (χ4v) is 1.51. The lowest BCUT2D eigenvalue weighted by Gasteiger charge is -2.08. The second kappa shape index (κ2) is 4.37. The number of ether oxygens (including phenoxy) is 1. The molecular formula is C13H11ClO. The minimum Gasteiger partial charge on any atom is -0.457 e. The van der Waals surface area contributed by atoms with Crippen molar-refractivity contribution in [3.63, 3.8) is 0 Å². The van der Waals surface area contributed by atoms with E-state index in [2.05, 4.69) is 0 Å². The zero-order valence-corrected chi connectivity index (χ0v) is 9.16. The summed E-state index contributed by atoms with van der Waals surface area (Å²) in [5, 5.41) is 0.682. The first-order valence-electron chi connectivity index (χ1n) is 4.75. The monoisotopic (exact) mass is 218 g/mol. The fourth-order valence-electron chi connectivity index (χ4n) is 1.33. The first-order valence-corrected chi connectivity index (χ1v) is 5.12. The van der Waals surface area contributed by atoms with Crippen molar-refractivity contribution in [3.8, 4) is 11.5 Å². The van der Waals surface area contributed by atoms with Crippen LogP contribution in [0.4, 0.5) is 0 Å². The minimum atomic E-state index is 0.682. The van der Waals surface area contributed by atoms with Crippen LogP contribution in [-0.4, -0.2) is 0 Å². The molecule has 0 radical (unpaired) electrons. The van der Waals surface area contributed by atoms with Gasteiger partial charge in [-0.15, -0.1) is 0 Å². The Morgan fingerprint density at radius 1 is 1.00 bits per heavy atom. The molecule has 0 saturated carbocycles. The average Bonchev–Trinajstić information content (AvgIpc) is 2.22. The van der Waals surface area contributed by atoms with Gasteiger partial charge in [-0.05, 0) is 36.8 Å². The van der Waals surface area contributed by atoms with Crippen LogP contribution < -0.4 is 4.74 Å². The van der Waals surface area contributed by atoms with E-state index in [-0.39, 0.29) is 0 Å². The summed E-state index contributed by atoms with van der Waals surface area (Å²) in [5.74, 6) is 1.62. The maximum Gasteiger partial charge on any atom is 0.130 e.